The Bertz CT molecular complexity index is 1730. The number of methoxy groups -OCH3 is 1. The van der Waals surface area contributed by atoms with E-state index in [-0.39, 0.29) is 24.9 Å². The number of esters is 1. The molecule has 1 aliphatic rings. The Kier molecular flexibility index (Phi) is 6.91. The minimum Gasteiger partial charge on any atom is -0.468 e. The highest BCUT2D eigenvalue weighted by atomic mass is 16.5. The van der Waals surface area contributed by atoms with Gasteiger partial charge in [0.15, 0.2) is 0 Å². The van der Waals surface area contributed by atoms with Crippen LogP contribution in [0.25, 0.3) is 22.4 Å². The first-order chi connectivity index (χ1) is 20.0. The third-order valence-corrected chi connectivity index (χ3v) is 7.06. The third kappa shape index (κ3) is 5.12. The number of benzene rings is 4. The zero-order valence-electron chi connectivity index (χ0n) is 22.3. The number of nitrogens with zero attached hydrogens (tertiary/aromatic N) is 3. The first kappa shape index (κ1) is 25.8. The Morgan fingerprint density at radius 3 is 2.20 bits per heavy atom. The lowest BCUT2D eigenvalue weighted by Gasteiger charge is -2.26. The highest BCUT2D eigenvalue weighted by Gasteiger charge is 2.32. The molecule has 2 heterocycles. The van der Waals surface area contributed by atoms with Crippen molar-refractivity contribution in [2.24, 2.45) is 0 Å². The van der Waals surface area contributed by atoms with Gasteiger partial charge in [0.25, 0.3) is 5.91 Å². The number of nitrogens with one attached hydrogen (secondary N) is 2. The largest absolute Gasteiger partial charge is 0.468 e. The molecule has 204 valence electrons. The number of ether oxygens (including phenoxy) is 1. The topological polar surface area (TPSA) is 108 Å². The van der Waals surface area contributed by atoms with Crippen LogP contribution >= 0.6 is 0 Å². The number of anilines is 3. The number of hydrogen-bond acceptors (Lipinski definition) is 6. The van der Waals surface area contributed by atoms with Gasteiger partial charge in [-0.25, -0.2) is 4.98 Å². The maximum absolute atomic E-state index is 13.7. The highest BCUT2D eigenvalue weighted by molar-refractivity contribution is 6.16. The van der Waals surface area contributed by atoms with Crippen molar-refractivity contribution in [1.29, 1.82) is 0 Å². The number of aromatic amines is 1. The fourth-order valence-corrected chi connectivity index (χ4v) is 4.99. The predicted octanol–water partition coefficient (Wildman–Crippen LogP) is 4.82. The summed E-state index contributed by atoms with van der Waals surface area (Å²) in [6.07, 6.45) is 0. The molecule has 5 aromatic rings. The number of rotatable bonds is 7. The molecule has 2 amide bonds. The lowest BCUT2D eigenvalue weighted by Crippen LogP contribution is -2.40. The van der Waals surface area contributed by atoms with E-state index in [1.165, 1.54) is 12.0 Å². The second kappa shape index (κ2) is 11.0. The second-order valence-corrected chi connectivity index (χ2v) is 9.64. The van der Waals surface area contributed by atoms with Gasteiger partial charge in [-0.05, 0) is 42.0 Å². The minimum atomic E-state index is -0.445. The van der Waals surface area contributed by atoms with E-state index in [1.54, 1.807) is 41.3 Å². The minimum absolute atomic E-state index is 0.0815. The Morgan fingerprint density at radius 2 is 1.46 bits per heavy atom. The number of fused-ring (bicyclic) bond motifs is 3. The Labute approximate surface area is 236 Å². The lowest BCUT2D eigenvalue weighted by molar-refractivity contribution is -0.138. The van der Waals surface area contributed by atoms with Gasteiger partial charge in [0.05, 0.1) is 40.8 Å². The molecule has 9 nitrogen and oxygen atoms in total. The first-order valence-electron chi connectivity index (χ1n) is 13.2. The molecule has 4 aromatic carbocycles. The van der Waals surface area contributed by atoms with Gasteiger partial charge in [-0.15, -0.1) is 0 Å². The van der Waals surface area contributed by atoms with Crippen LogP contribution in [0.4, 0.5) is 17.1 Å². The van der Waals surface area contributed by atoms with Crippen LogP contribution in [0.2, 0.25) is 0 Å². The number of hydrogen-bond donors (Lipinski definition) is 2. The Hall–Kier alpha value is -5.44. The molecular formula is C32H27N5O4. The summed E-state index contributed by atoms with van der Waals surface area (Å²) in [7, 11) is 1.33. The van der Waals surface area contributed by atoms with E-state index < -0.39 is 5.97 Å². The van der Waals surface area contributed by atoms with Crippen molar-refractivity contribution < 1.29 is 19.1 Å². The molecule has 0 aliphatic carbocycles. The zero-order chi connectivity index (χ0) is 28.3. The maximum Gasteiger partial charge on any atom is 0.325 e. The van der Waals surface area contributed by atoms with Gasteiger partial charge in [-0.3, -0.25) is 19.3 Å². The van der Waals surface area contributed by atoms with Crippen LogP contribution in [-0.4, -0.2) is 48.0 Å². The van der Waals surface area contributed by atoms with Crippen LogP contribution in [0, 0.1) is 0 Å². The van der Waals surface area contributed by atoms with Crippen LogP contribution in [-0.2, 0) is 20.9 Å². The summed E-state index contributed by atoms with van der Waals surface area (Å²) < 4.78 is 4.91. The van der Waals surface area contributed by atoms with Gasteiger partial charge < -0.3 is 19.9 Å². The lowest BCUT2D eigenvalue weighted by atomic mass is 10.1. The Balaban J connectivity index is 1.20. The average molecular weight is 546 g/mol. The van der Waals surface area contributed by atoms with Crippen LogP contribution in [0.5, 0.6) is 0 Å². The summed E-state index contributed by atoms with van der Waals surface area (Å²) in [6, 6.07) is 29.9. The number of carbonyl (C=O) groups is 3. The normalized spacial score (nSPS) is 12.5. The molecule has 0 bridgehead atoms. The van der Waals surface area contributed by atoms with E-state index >= 15 is 0 Å². The molecule has 6 rings (SSSR count). The number of carbonyl (C=O) groups excluding carboxylic acids is 3. The van der Waals surface area contributed by atoms with Gasteiger partial charge in [0.1, 0.15) is 18.9 Å². The van der Waals surface area contributed by atoms with Crippen molar-refractivity contribution in [3.8, 4) is 11.4 Å². The molecule has 0 radical (unpaired) electrons. The Morgan fingerprint density at radius 1 is 0.805 bits per heavy atom. The predicted molar refractivity (Wildman–Crippen MR) is 157 cm³/mol. The summed E-state index contributed by atoms with van der Waals surface area (Å²) in [5.41, 5.74) is 5.85. The van der Waals surface area contributed by atoms with E-state index in [0.29, 0.717) is 29.2 Å². The SMILES string of the molecule is COC(=O)CN1c2ccccc2C(=O)N(CC(=O)NCc2ccc(-c3nc4ccccc4[nH]3)cc2)c2ccccc21. The van der Waals surface area contributed by atoms with Crippen molar-refractivity contribution in [1.82, 2.24) is 15.3 Å². The van der Waals surface area contributed by atoms with Gasteiger partial charge in [-0.2, -0.15) is 0 Å². The summed E-state index contributed by atoms with van der Waals surface area (Å²) in [5.74, 6) is -0.305. The van der Waals surface area contributed by atoms with Crippen molar-refractivity contribution in [3.63, 3.8) is 0 Å². The van der Waals surface area contributed by atoms with E-state index in [0.717, 1.165) is 28.0 Å². The second-order valence-electron chi connectivity index (χ2n) is 9.64. The number of para-hydroxylation sites is 5. The molecule has 9 heteroatoms. The van der Waals surface area contributed by atoms with E-state index in [2.05, 4.69) is 15.3 Å². The summed E-state index contributed by atoms with van der Waals surface area (Å²) in [4.78, 5) is 50.3. The molecule has 0 unspecified atom stereocenters. The summed E-state index contributed by atoms with van der Waals surface area (Å²) >= 11 is 0. The van der Waals surface area contributed by atoms with Crippen molar-refractivity contribution in [2.45, 2.75) is 6.54 Å². The highest BCUT2D eigenvalue weighted by Crippen LogP contribution is 2.40. The number of imidazole rings is 1. The standard InChI is InChI=1S/C32H27N5O4/c1-41-30(39)20-36-26-11-5-2-8-23(26)32(40)37(28-13-7-6-12-27(28)36)19-29(38)33-18-21-14-16-22(17-15-21)31-34-24-9-3-4-10-25(24)35-31/h2-17H,18-20H2,1H3,(H,33,38)(H,34,35). The van der Waals surface area contributed by atoms with E-state index in [9.17, 15) is 14.4 Å². The van der Waals surface area contributed by atoms with Crippen LogP contribution in [0.3, 0.4) is 0 Å². The van der Waals surface area contributed by atoms with Crippen molar-refractivity contribution in [2.75, 3.05) is 30.0 Å². The zero-order valence-corrected chi connectivity index (χ0v) is 22.3. The molecule has 0 fully saturated rings. The van der Waals surface area contributed by atoms with Crippen LogP contribution < -0.4 is 15.1 Å². The molecule has 0 atom stereocenters. The molecule has 1 aromatic heterocycles. The van der Waals surface area contributed by atoms with Crippen LogP contribution in [0.1, 0.15) is 15.9 Å². The average Bonchev–Trinajstić information content (AvgIpc) is 3.42. The van der Waals surface area contributed by atoms with Crippen LogP contribution in [0.15, 0.2) is 97.1 Å². The van der Waals surface area contributed by atoms with Gasteiger partial charge >= 0.3 is 5.97 Å². The van der Waals surface area contributed by atoms with Gasteiger partial charge in [0.2, 0.25) is 5.91 Å². The first-order valence-corrected chi connectivity index (χ1v) is 13.2. The molecule has 0 saturated heterocycles. The smallest absolute Gasteiger partial charge is 0.325 e. The molecule has 0 spiro atoms. The molecule has 2 N–H and O–H groups in total. The fourth-order valence-electron chi connectivity index (χ4n) is 4.99. The number of aromatic nitrogens is 2. The molecule has 41 heavy (non-hydrogen) atoms. The third-order valence-electron chi connectivity index (χ3n) is 7.06. The molecular weight excluding hydrogens is 518 g/mol. The van der Waals surface area contributed by atoms with Gasteiger partial charge in [0, 0.05) is 12.1 Å². The monoisotopic (exact) mass is 545 g/mol. The number of H-pyrrole nitrogens is 1. The fraction of sp³-hybridized carbons (Fsp3) is 0.125. The quantitative estimate of drug-likeness (QED) is 0.284. The summed E-state index contributed by atoms with van der Waals surface area (Å²) in [6.45, 7) is 0.0309. The van der Waals surface area contributed by atoms with E-state index in [1.807, 2.05) is 60.7 Å². The maximum atomic E-state index is 13.7. The van der Waals surface area contributed by atoms with Gasteiger partial charge in [-0.1, -0.05) is 60.7 Å². The van der Waals surface area contributed by atoms with Crippen molar-refractivity contribution >= 4 is 45.9 Å². The van der Waals surface area contributed by atoms with Crippen molar-refractivity contribution in [3.05, 3.63) is 108 Å². The summed E-state index contributed by atoms with van der Waals surface area (Å²) in [5, 5.41) is 2.93. The number of amides is 2. The van der Waals surface area contributed by atoms with E-state index in [4.69, 9.17) is 4.74 Å². The molecule has 1 aliphatic heterocycles. The molecule has 0 saturated carbocycles.